The van der Waals surface area contributed by atoms with Gasteiger partial charge in [0.1, 0.15) is 5.75 Å². The van der Waals surface area contributed by atoms with Crippen LogP contribution in [0.5, 0.6) is 5.75 Å². The highest BCUT2D eigenvalue weighted by Gasteiger charge is 2.21. The standard InChI is InChI=1S/C21H20BrNO5S2/c1-28-21-14-16(10-11-20(21)22)12-13-23-30(26,27)19-9-5-8-18(15-19)29(24,25)17-6-3-2-4-7-17/h2-11,14-15,23H,12-13H2,1H3. The van der Waals surface area contributed by atoms with Crippen molar-refractivity contribution in [2.24, 2.45) is 0 Å². The van der Waals surface area contributed by atoms with Crippen molar-refractivity contribution in [2.75, 3.05) is 13.7 Å². The van der Waals surface area contributed by atoms with E-state index in [0.29, 0.717) is 12.2 Å². The van der Waals surface area contributed by atoms with Crippen molar-refractivity contribution in [3.8, 4) is 5.75 Å². The molecular weight excluding hydrogens is 490 g/mol. The Morgan fingerprint density at radius 1 is 0.833 bits per heavy atom. The molecule has 0 unspecified atom stereocenters. The summed E-state index contributed by atoms with van der Waals surface area (Å²) in [7, 11) is -6.12. The van der Waals surface area contributed by atoms with Crippen molar-refractivity contribution in [2.45, 2.75) is 21.1 Å². The lowest BCUT2D eigenvalue weighted by atomic mass is 10.1. The molecule has 30 heavy (non-hydrogen) atoms. The lowest BCUT2D eigenvalue weighted by molar-refractivity contribution is 0.411. The molecule has 0 saturated carbocycles. The molecule has 0 aliphatic carbocycles. The Morgan fingerprint density at radius 3 is 2.20 bits per heavy atom. The molecule has 0 saturated heterocycles. The molecular formula is C21H20BrNO5S2. The van der Waals surface area contributed by atoms with Gasteiger partial charge in [-0.1, -0.05) is 30.3 Å². The average molecular weight is 510 g/mol. The third-order valence-corrected chi connectivity index (χ3v) is 8.28. The first-order valence-electron chi connectivity index (χ1n) is 8.96. The highest BCUT2D eigenvalue weighted by molar-refractivity contribution is 9.10. The summed E-state index contributed by atoms with van der Waals surface area (Å²) in [6, 6.07) is 18.8. The van der Waals surface area contributed by atoms with Crippen LogP contribution in [0.1, 0.15) is 5.56 Å². The lowest BCUT2D eigenvalue weighted by Crippen LogP contribution is -2.26. The van der Waals surface area contributed by atoms with E-state index in [-0.39, 0.29) is 21.2 Å². The molecule has 0 heterocycles. The Labute approximate surface area is 185 Å². The van der Waals surface area contributed by atoms with Gasteiger partial charge in [-0.2, -0.15) is 0 Å². The van der Waals surface area contributed by atoms with Crippen molar-refractivity contribution in [3.05, 3.63) is 82.8 Å². The van der Waals surface area contributed by atoms with Gasteiger partial charge in [0.2, 0.25) is 19.9 Å². The number of rotatable bonds is 8. The summed E-state index contributed by atoms with van der Waals surface area (Å²) in [6.07, 6.45) is 0.449. The molecule has 3 aromatic rings. The molecule has 0 aliphatic heterocycles. The molecule has 158 valence electrons. The van der Waals surface area contributed by atoms with Crippen LogP contribution in [0.3, 0.4) is 0 Å². The van der Waals surface area contributed by atoms with E-state index in [9.17, 15) is 16.8 Å². The quantitative estimate of drug-likeness (QED) is 0.498. The van der Waals surface area contributed by atoms with Crippen LogP contribution in [0.4, 0.5) is 0 Å². The van der Waals surface area contributed by atoms with Crippen LogP contribution in [0.15, 0.2) is 92.0 Å². The Morgan fingerprint density at radius 2 is 1.50 bits per heavy atom. The molecule has 0 aliphatic rings. The predicted octanol–water partition coefficient (Wildman–Crippen LogP) is 3.81. The molecule has 6 nitrogen and oxygen atoms in total. The summed E-state index contributed by atoms with van der Waals surface area (Å²) in [6.45, 7) is 0.156. The number of sulfone groups is 1. The molecule has 0 aromatic heterocycles. The van der Waals surface area contributed by atoms with Crippen LogP contribution in [0, 0.1) is 0 Å². The van der Waals surface area contributed by atoms with Crippen molar-refractivity contribution in [3.63, 3.8) is 0 Å². The van der Waals surface area contributed by atoms with Crippen molar-refractivity contribution in [1.82, 2.24) is 4.72 Å². The fourth-order valence-electron chi connectivity index (χ4n) is 2.82. The Bertz CT molecular complexity index is 1240. The summed E-state index contributed by atoms with van der Waals surface area (Å²) in [5, 5.41) is 0. The number of benzene rings is 3. The predicted molar refractivity (Wildman–Crippen MR) is 118 cm³/mol. The van der Waals surface area contributed by atoms with Gasteiger partial charge in [-0.3, -0.25) is 0 Å². The fraction of sp³-hybridized carbons (Fsp3) is 0.143. The van der Waals surface area contributed by atoms with Crippen LogP contribution in [-0.2, 0) is 26.3 Å². The molecule has 0 radical (unpaired) electrons. The van der Waals surface area contributed by atoms with E-state index in [1.807, 2.05) is 18.2 Å². The first-order chi connectivity index (χ1) is 14.2. The molecule has 1 N–H and O–H groups in total. The summed E-state index contributed by atoms with van der Waals surface area (Å²) < 4.78 is 59.5. The van der Waals surface area contributed by atoms with E-state index in [0.717, 1.165) is 10.0 Å². The van der Waals surface area contributed by atoms with Gasteiger partial charge < -0.3 is 4.74 Å². The zero-order valence-corrected chi connectivity index (χ0v) is 19.3. The highest BCUT2D eigenvalue weighted by Crippen LogP contribution is 2.26. The topological polar surface area (TPSA) is 89.5 Å². The first-order valence-corrected chi connectivity index (χ1v) is 12.7. The normalized spacial score (nSPS) is 11.9. The van der Waals surface area contributed by atoms with Gasteiger partial charge in [-0.25, -0.2) is 21.6 Å². The van der Waals surface area contributed by atoms with E-state index in [1.54, 1.807) is 25.3 Å². The Hall–Kier alpha value is -2.20. The number of halogens is 1. The summed E-state index contributed by atoms with van der Waals surface area (Å²) >= 11 is 3.38. The van der Waals surface area contributed by atoms with Crippen molar-refractivity contribution in [1.29, 1.82) is 0 Å². The van der Waals surface area contributed by atoms with Gasteiger partial charge >= 0.3 is 0 Å². The summed E-state index contributed by atoms with van der Waals surface area (Å²) in [5.41, 5.74) is 0.901. The number of hydrogen-bond acceptors (Lipinski definition) is 5. The zero-order chi connectivity index (χ0) is 21.8. The number of ether oxygens (including phenoxy) is 1. The van der Waals surface area contributed by atoms with Gasteiger partial charge in [0.05, 0.1) is 26.3 Å². The van der Waals surface area contributed by atoms with Crippen LogP contribution < -0.4 is 9.46 Å². The molecule has 3 rings (SSSR count). The Balaban J connectivity index is 1.76. The minimum absolute atomic E-state index is 0.0748. The zero-order valence-electron chi connectivity index (χ0n) is 16.1. The second kappa shape index (κ2) is 9.30. The number of methoxy groups -OCH3 is 1. The first kappa shape index (κ1) is 22.5. The van der Waals surface area contributed by atoms with E-state index in [4.69, 9.17) is 4.74 Å². The van der Waals surface area contributed by atoms with Gasteiger partial charge in [0.15, 0.2) is 0 Å². The minimum atomic E-state index is -3.87. The third-order valence-electron chi connectivity index (χ3n) is 4.40. The second-order valence-corrected chi connectivity index (χ2v) is 11.0. The van der Waals surface area contributed by atoms with Crippen LogP contribution in [-0.4, -0.2) is 30.5 Å². The number of nitrogens with one attached hydrogen (secondary N) is 1. The molecule has 0 spiro atoms. The maximum absolute atomic E-state index is 12.8. The minimum Gasteiger partial charge on any atom is -0.496 e. The molecule has 0 fully saturated rings. The van der Waals surface area contributed by atoms with E-state index >= 15 is 0 Å². The molecule has 3 aromatic carbocycles. The van der Waals surface area contributed by atoms with Gasteiger partial charge in [-0.15, -0.1) is 0 Å². The van der Waals surface area contributed by atoms with E-state index in [2.05, 4.69) is 20.7 Å². The van der Waals surface area contributed by atoms with Crippen molar-refractivity contribution >= 4 is 35.8 Å². The largest absolute Gasteiger partial charge is 0.496 e. The maximum Gasteiger partial charge on any atom is 0.240 e. The third kappa shape index (κ3) is 5.10. The van der Waals surface area contributed by atoms with Gasteiger partial charge in [0, 0.05) is 6.54 Å². The molecule has 0 atom stereocenters. The SMILES string of the molecule is COc1cc(CCNS(=O)(=O)c2cccc(S(=O)(=O)c3ccccc3)c2)ccc1Br. The van der Waals surface area contributed by atoms with Crippen LogP contribution in [0.25, 0.3) is 0 Å². The van der Waals surface area contributed by atoms with E-state index < -0.39 is 19.9 Å². The highest BCUT2D eigenvalue weighted by atomic mass is 79.9. The number of hydrogen-bond donors (Lipinski definition) is 1. The second-order valence-electron chi connectivity index (χ2n) is 6.41. The van der Waals surface area contributed by atoms with E-state index in [1.165, 1.54) is 36.4 Å². The molecule has 9 heteroatoms. The van der Waals surface area contributed by atoms with Gasteiger partial charge in [-0.05, 0) is 70.4 Å². The van der Waals surface area contributed by atoms with Gasteiger partial charge in [0.25, 0.3) is 0 Å². The van der Waals surface area contributed by atoms with Crippen molar-refractivity contribution < 1.29 is 21.6 Å². The average Bonchev–Trinajstić information content (AvgIpc) is 2.75. The lowest BCUT2D eigenvalue weighted by Gasteiger charge is -2.10. The summed E-state index contributed by atoms with van der Waals surface area (Å²) in [4.78, 5) is -0.0705. The number of sulfonamides is 1. The monoisotopic (exact) mass is 509 g/mol. The van der Waals surface area contributed by atoms with Crippen LogP contribution in [0.2, 0.25) is 0 Å². The summed E-state index contributed by atoms with van der Waals surface area (Å²) in [5.74, 6) is 0.661. The Kier molecular flexibility index (Phi) is 6.97. The molecule has 0 amide bonds. The maximum atomic E-state index is 12.8. The molecule has 0 bridgehead atoms. The van der Waals surface area contributed by atoms with Crippen LogP contribution >= 0.6 is 15.9 Å². The smallest absolute Gasteiger partial charge is 0.240 e. The fourth-order valence-corrected chi connectivity index (χ4v) is 5.70.